The number of nitrogens with zero attached hydrogens (tertiary/aromatic N) is 3. The molecule has 0 saturated heterocycles. The van der Waals surface area contributed by atoms with Gasteiger partial charge in [0.2, 0.25) is 17.8 Å². The van der Waals surface area contributed by atoms with Gasteiger partial charge in [-0.3, -0.25) is 23.5 Å². The third-order valence-electron chi connectivity index (χ3n) is 7.32. The summed E-state index contributed by atoms with van der Waals surface area (Å²) in [6, 6.07) is 10.0. The number of anilines is 6. The summed E-state index contributed by atoms with van der Waals surface area (Å²) < 4.78 is 83.2. The lowest BCUT2D eigenvalue weighted by atomic mass is 9.82. The maximum Gasteiger partial charge on any atom is 0.315 e. The molecule has 1 aromatic heterocycles. The fourth-order valence-corrected chi connectivity index (χ4v) is 6.70. The molecule has 2 unspecified atom stereocenters. The number of carbonyl (C=O) groups excluding carboxylic acids is 3. The summed E-state index contributed by atoms with van der Waals surface area (Å²) in [5.41, 5.74) is 4.19. The van der Waals surface area contributed by atoms with Gasteiger partial charge in [0.15, 0.2) is 11.6 Å². The van der Waals surface area contributed by atoms with E-state index in [1.807, 2.05) is 0 Å². The first-order valence-electron chi connectivity index (χ1n) is 14.4. The number of nitrogens with two attached hydrogens (primary N) is 1. The number of ketones is 2. The molecule has 4 aromatic rings. The van der Waals surface area contributed by atoms with Crippen LogP contribution in [0.3, 0.4) is 0 Å². The van der Waals surface area contributed by atoms with Crippen molar-refractivity contribution in [2.45, 2.75) is 34.1 Å². The van der Waals surface area contributed by atoms with E-state index in [0.29, 0.717) is 0 Å². The highest BCUT2D eigenvalue weighted by atomic mass is 79.9. The number of rotatable bonds is 12. The van der Waals surface area contributed by atoms with Crippen molar-refractivity contribution in [2.75, 3.05) is 32.3 Å². The van der Waals surface area contributed by atoms with E-state index in [1.54, 1.807) is 6.92 Å². The van der Waals surface area contributed by atoms with Crippen molar-refractivity contribution in [1.29, 1.82) is 0 Å². The van der Waals surface area contributed by atoms with Gasteiger partial charge in [-0.25, -0.2) is 0 Å². The number of halogens is 3. The number of aromatic nitrogens is 3. The molecule has 17 nitrogen and oxygen atoms in total. The number of alkyl halides is 2. The predicted molar refractivity (Wildman–Crippen MR) is 190 cm³/mol. The third kappa shape index (κ3) is 7.99. The number of benzene rings is 3. The second kappa shape index (κ2) is 14.6. The van der Waals surface area contributed by atoms with Crippen molar-refractivity contribution in [3.05, 3.63) is 76.9 Å². The van der Waals surface area contributed by atoms with E-state index in [4.69, 9.17) is 5.73 Å². The van der Waals surface area contributed by atoms with Crippen LogP contribution in [0.15, 0.2) is 58.3 Å². The minimum atomic E-state index is -5.01. The summed E-state index contributed by atoms with van der Waals surface area (Å²) in [7, 11) is -9.86. The van der Waals surface area contributed by atoms with Crippen LogP contribution in [-0.2, 0) is 25.0 Å². The maximum absolute atomic E-state index is 14.7. The normalized spacial score (nSPS) is 13.8. The summed E-state index contributed by atoms with van der Waals surface area (Å²) in [6.45, 7) is 1.63. The Bertz CT molecular complexity index is 2330. The minimum absolute atomic E-state index is 0.0244. The zero-order chi connectivity index (χ0) is 37.4. The molecular formula is C29H25Br2FN8O9S2. The average molecular weight is 873 g/mol. The number of nitrogen functional groups attached to an aromatic ring is 1. The first kappa shape index (κ1) is 37.6. The molecule has 0 saturated carbocycles. The van der Waals surface area contributed by atoms with E-state index < -0.39 is 87.7 Å². The van der Waals surface area contributed by atoms with Crippen molar-refractivity contribution in [1.82, 2.24) is 15.0 Å². The van der Waals surface area contributed by atoms with E-state index in [2.05, 4.69) is 68.1 Å². The second-order valence-corrected chi connectivity index (χ2v) is 15.2. The molecule has 51 heavy (non-hydrogen) atoms. The Hall–Kier alpha value is -4.61. The molecule has 1 aliphatic carbocycles. The lowest BCUT2D eigenvalue weighted by molar-refractivity contribution is -0.115. The molecule has 8 N–H and O–H groups in total. The summed E-state index contributed by atoms with van der Waals surface area (Å²) in [5, 5.41) is 10.9. The fourth-order valence-electron chi connectivity index (χ4n) is 5.02. The monoisotopic (exact) mass is 870 g/mol. The molecular weight excluding hydrogens is 847 g/mol. The number of nitrogens with one attached hydrogen (secondary N) is 4. The molecule has 1 amide bonds. The highest BCUT2D eigenvalue weighted by molar-refractivity contribution is 9.12. The van der Waals surface area contributed by atoms with Gasteiger partial charge in [-0.2, -0.15) is 36.2 Å². The number of hydrogen-bond donors (Lipinski definition) is 7. The lowest BCUT2D eigenvalue weighted by Gasteiger charge is -2.26. The standard InChI is InChI=1S/C29H25Br2FN8O9S2/c1-2-20(35-17-10-19(51(47,48)49)23(33)22-21(17)24(41)13-5-3-4-6-14(13)25(22)42)37-29-39-27(32)38-28(40-29)36-16-9-12(34-26(43)15(31)11-30)7-8-18(16)50(44,45)46/h3-10,15,20,35H,2,11,33H2,1H3,(H,34,43)(H,44,45,46)(H,47,48,49)(H2,36,37,38,39,40). The van der Waals surface area contributed by atoms with Crippen molar-refractivity contribution >= 4 is 104 Å². The van der Waals surface area contributed by atoms with Crippen LogP contribution in [0.1, 0.15) is 45.2 Å². The van der Waals surface area contributed by atoms with Crippen molar-refractivity contribution in [3.63, 3.8) is 0 Å². The Morgan fingerprint density at radius 3 is 2.08 bits per heavy atom. The Balaban J connectivity index is 1.50. The quantitative estimate of drug-likeness (QED) is 0.0405. The van der Waals surface area contributed by atoms with E-state index in [1.165, 1.54) is 30.3 Å². The molecule has 0 bridgehead atoms. The van der Waals surface area contributed by atoms with Gasteiger partial charge in [0.05, 0.1) is 28.7 Å². The lowest BCUT2D eigenvalue weighted by Crippen LogP contribution is -2.32. The Morgan fingerprint density at radius 2 is 1.49 bits per heavy atom. The van der Waals surface area contributed by atoms with Crippen LogP contribution >= 0.6 is 31.9 Å². The van der Waals surface area contributed by atoms with Gasteiger partial charge in [-0.15, -0.1) is 0 Å². The zero-order valence-electron chi connectivity index (χ0n) is 25.8. The Kier molecular flexibility index (Phi) is 10.7. The summed E-state index contributed by atoms with van der Waals surface area (Å²) in [5.74, 6) is -2.92. The highest BCUT2D eigenvalue weighted by Crippen LogP contribution is 2.39. The van der Waals surface area contributed by atoms with Gasteiger partial charge >= 0.3 is 6.08 Å². The van der Waals surface area contributed by atoms with Crippen LogP contribution in [0.2, 0.25) is 0 Å². The molecule has 1 heterocycles. The summed E-state index contributed by atoms with van der Waals surface area (Å²) in [6.07, 6.45) is -2.26. The molecule has 22 heteroatoms. The second-order valence-electron chi connectivity index (χ2n) is 10.7. The highest BCUT2D eigenvalue weighted by Gasteiger charge is 2.37. The first-order valence-corrected chi connectivity index (χ1v) is 19.3. The zero-order valence-corrected chi connectivity index (χ0v) is 30.6. The molecule has 5 rings (SSSR count). The van der Waals surface area contributed by atoms with Gasteiger partial charge in [0.1, 0.15) is 14.6 Å². The first-order chi connectivity index (χ1) is 23.9. The Labute approximate surface area is 305 Å². The summed E-state index contributed by atoms with van der Waals surface area (Å²) >= 11 is 6.31. The molecule has 0 radical (unpaired) electrons. The van der Waals surface area contributed by atoms with Gasteiger partial charge in [0.25, 0.3) is 20.2 Å². The van der Waals surface area contributed by atoms with E-state index in [0.717, 1.165) is 18.2 Å². The molecule has 0 fully saturated rings. The molecule has 268 valence electrons. The molecule has 0 spiro atoms. The number of hydrogen-bond acceptors (Lipinski definition) is 14. The molecule has 1 aliphatic rings. The van der Waals surface area contributed by atoms with Gasteiger partial charge in [0, 0.05) is 27.8 Å². The van der Waals surface area contributed by atoms with E-state index in [-0.39, 0.29) is 45.5 Å². The average Bonchev–Trinajstić information content (AvgIpc) is 3.05. The molecule has 2 atom stereocenters. The van der Waals surface area contributed by atoms with Crippen LogP contribution in [-0.4, -0.2) is 74.7 Å². The van der Waals surface area contributed by atoms with Gasteiger partial charge in [-0.05, 0) is 30.7 Å². The Morgan fingerprint density at radius 1 is 0.882 bits per heavy atom. The van der Waals surface area contributed by atoms with Gasteiger partial charge < -0.3 is 27.0 Å². The number of carbonyl (C=O) groups is 3. The van der Waals surface area contributed by atoms with Crippen LogP contribution < -0.4 is 27.0 Å². The van der Waals surface area contributed by atoms with Crippen molar-refractivity contribution < 1.29 is 44.7 Å². The van der Waals surface area contributed by atoms with E-state index >= 15 is 0 Å². The predicted octanol–water partition coefficient (Wildman–Crippen LogP) is 3.96. The van der Waals surface area contributed by atoms with E-state index in [9.17, 15) is 44.7 Å². The van der Waals surface area contributed by atoms with Crippen LogP contribution in [0.5, 0.6) is 0 Å². The van der Waals surface area contributed by atoms with Crippen molar-refractivity contribution in [3.8, 4) is 0 Å². The van der Waals surface area contributed by atoms with Crippen LogP contribution in [0.25, 0.3) is 0 Å². The fraction of sp³-hybridized carbons (Fsp3) is 0.172. The summed E-state index contributed by atoms with van der Waals surface area (Å²) in [4.78, 5) is 48.5. The molecule has 0 aliphatic heterocycles. The minimum Gasteiger partial charge on any atom is -0.397 e. The largest absolute Gasteiger partial charge is 0.397 e. The third-order valence-corrected chi connectivity index (χ3v) is 11.4. The smallest absolute Gasteiger partial charge is 0.315 e. The molecule has 3 aromatic carbocycles. The SMILES string of the molecule is CCC(Nc1nc(F)nc(Nc2cc(NC(=O)C(Br)CBr)ccc2S(=O)(=O)O)n1)Nc1cc(S(=O)(=O)O)c(N)c2c1C(=O)c1ccccc1C2=O. The van der Waals surface area contributed by atoms with Crippen LogP contribution in [0.4, 0.5) is 39.0 Å². The maximum atomic E-state index is 14.7. The van der Waals surface area contributed by atoms with Crippen molar-refractivity contribution in [2.24, 2.45) is 0 Å². The topological polar surface area (TPSA) is 273 Å². The number of amides is 1. The van der Waals surface area contributed by atoms with Gasteiger partial charge in [-0.1, -0.05) is 63.0 Å². The van der Waals surface area contributed by atoms with Crippen LogP contribution in [0, 0.1) is 6.08 Å². The number of fused-ring (bicyclic) bond motifs is 2.